The van der Waals surface area contributed by atoms with Crippen LogP contribution in [0.4, 0.5) is 60.7 Å². The van der Waals surface area contributed by atoms with E-state index in [1.54, 1.807) is 62.3 Å². The highest BCUT2D eigenvalue weighted by atomic mass is 35.5. The summed E-state index contributed by atoms with van der Waals surface area (Å²) < 4.78 is 206. The second kappa shape index (κ2) is 27.6. The van der Waals surface area contributed by atoms with Gasteiger partial charge in [-0.1, -0.05) is 29.8 Å². The molecule has 10 rings (SSSR count). The number of hydrogen-bond acceptors (Lipinski definition) is 18. The average molecular weight is 1490 g/mol. The number of carbonyl (C=O) groups excluding carboxylic acids is 4. The molecule has 0 radical (unpaired) electrons. The lowest BCUT2D eigenvalue weighted by Crippen LogP contribution is -2.46. The normalized spacial score (nSPS) is 15.7. The lowest BCUT2D eigenvalue weighted by molar-refractivity contribution is -0.156. The maximum atomic E-state index is 15.9. The molecule has 1 fully saturated rings. The van der Waals surface area contributed by atoms with Crippen LogP contribution in [0.5, 0.6) is 0 Å². The van der Waals surface area contributed by atoms with E-state index in [0.717, 1.165) is 62.5 Å². The first kappa shape index (κ1) is 75.6. The number of nitrogens with one attached hydrogen (secondary N) is 1. The number of anilines is 2. The number of esters is 1. The second-order valence-corrected chi connectivity index (χ2v) is 30.8. The zero-order valence-electron chi connectivity index (χ0n) is 56.5. The largest absolute Gasteiger partial charge is 0.478 e. The minimum atomic E-state index is -4.94. The number of aryl methyl sites for hydroxylation is 1. The lowest BCUT2D eigenvalue weighted by Gasteiger charge is -2.31. The third kappa shape index (κ3) is 16.4. The van der Waals surface area contributed by atoms with Crippen LogP contribution >= 0.6 is 19.4 Å². The molecular formula is C65H67ClF9N12O13PS. The summed E-state index contributed by atoms with van der Waals surface area (Å²) in [6.07, 6.45) is -8.61. The van der Waals surface area contributed by atoms with Crippen molar-refractivity contribution in [3.63, 3.8) is 0 Å². The zero-order chi connectivity index (χ0) is 75.1. The monoisotopic (exact) mass is 1490 g/mol. The number of phosphoric acid groups is 1. The van der Waals surface area contributed by atoms with Crippen molar-refractivity contribution in [1.29, 1.82) is 0 Å². The SMILES string of the molecule is CN(C(=O)N(c1nn(C)c2c(-n3c([C@H](Cc4cc(F)cc(F)c4)NC(=O)Cn4nc(C(F)F)c5c4C(F)(F)[C@@H]4C[C@H]54)nc4cc(-c5cccc(C(F)(F)F)n5)ccc4c3=O)ccc(Cl)c12)S(C)(=O)=O)c1ncccc1CN(CC(=O)OC(C)(C)C)C(=O)OCOP(=O)(OC(C)(C)C)OC(C)(C)C. The minimum absolute atomic E-state index is 0.0513. The maximum absolute atomic E-state index is 15.9. The molecule has 0 spiro atoms. The van der Waals surface area contributed by atoms with Gasteiger partial charge in [0.05, 0.1) is 68.3 Å². The van der Waals surface area contributed by atoms with Gasteiger partial charge in [0.15, 0.2) is 5.82 Å². The van der Waals surface area contributed by atoms with Gasteiger partial charge in [0.25, 0.3) is 17.9 Å². The van der Waals surface area contributed by atoms with Crippen molar-refractivity contribution in [2.24, 2.45) is 13.0 Å². The van der Waals surface area contributed by atoms with Crippen LogP contribution in [0.15, 0.2) is 89.9 Å². The van der Waals surface area contributed by atoms with Crippen molar-refractivity contribution in [3.05, 3.63) is 152 Å². The van der Waals surface area contributed by atoms with Crippen LogP contribution in [-0.4, -0.2) is 120 Å². The van der Waals surface area contributed by atoms with Gasteiger partial charge in [-0.15, -0.1) is 0 Å². The number of urea groups is 1. The Hall–Kier alpha value is -9.02. The Bertz CT molecular complexity index is 4860. The quantitative estimate of drug-likeness (QED) is 0.0303. The molecule has 4 amide bonds. The number of pyridine rings is 2. The summed E-state index contributed by atoms with van der Waals surface area (Å²) in [6, 6.07) is 10.5. The van der Waals surface area contributed by atoms with Crippen LogP contribution in [0.3, 0.4) is 0 Å². The van der Waals surface area contributed by atoms with Crippen molar-refractivity contribution in [3.8, 4) is 16.9 Å². The van der Waals surface area contributed by atoms with Crippen LogP contribution < -0.4 is 20.1 Å². The number of phosphoric ester groups is 1. The summed E-state index contributed by atoms with van der Waals surface area (Å²) in [5, 5.41) is 9.68. The molecule has 102 heavy (non-hydrogen) atoms. The number of ether oxygens (including phenoxy) is 2. The highest BCUT2D eigenvalue weighted by Gasteiger charge is 2.67. The maximum Gasteiger partial charge on any atom is 0.478 e. The zero-order valence-corrected chi connectivity index (χ0v) is 59.0. The van der Waals surface area contributed by atoms with Gasteiger partial charge in [-0.3, -0.25) is 47.2 Å². The molecule has 37 heteroatoms. The Labute approximate surface area is 581 Å². The first-order valence-electron chi connectivity index (χ1n) is 31.0. The number of fused-ring (bicyclic) bond motifs is 5. The number of amides is 4. The summed E-state index contributed by atoms with van der Waals surface area (Å²) in [4.78, 5) is 87.5. The van der Waals surface area contributed by atoms with E-state index in [1.165, 1.54) is 43.6 Å². The average Bonchev–Trinajstić information content (AvgIpc) is 1.52. The van der Waals surface area contributed by atoms with Gasteiger partial charge in [-0.25, -0.2) is 59.6 Å². The Morgan fingerprint density at radius 3 is 2.15 bits per heavy atom. The first-order chi connectivity index (χ1) is 47.2. The van der Waals surface area contributed by atoms with Gasteiger partial charge in [0, 0.05) is 55.4 Å². The van der Waals surface area contributed by atoms with E-state index in [2.05, 4.69) is 25.5 Å². The van der Waals surface area contributed by atoms with Gasteiger partial charge in [-0.05, 0) is 135 Å². The molecule has 2 aliphatic rings. The molecule has 8 aromatic rings. The standard InChI is InChI=1S/C65H67ClF9N12O13PS/c1-61(2,3)98-48(89)31-84(60(92)96-32-97-101(93,99-62(4,5)6)100-63(7,8)9)29-35-15-14-22-76-55(35)82(10)59(91)87(102(12,94)95)57-50-41(66)20-21-45(52(50)83(11)81-57)86-56(79-43-26-34(18-19-38(43)58(86)90)42-16-13-17-46(77-42)65(73,74)75)44(25-33-23-36(67)27-37(68)24-33)78-47(88)30-85-53-49(51(80-85)54(69)70)39-28-40(39)64(53,71)72/h13-24,26-27,39-40,44,54H,25,28-32H2,1-12H3,(H,78,88)/t39-,40+,44-/m0/s1. The molecule has 3 atom stereocenters. The summed E-state index contributed by atoms with van der Waals surface area (Å²) in [5.74, 6) is -12.3. The summed E-state index contributed by atoms with van der Waals surface area (Å²) in [7, 11) is -7.11. The van der Waals surface area contributed by atoms with E-state index in [1.807, 2.05) is 0 Å². The predicted molar refractivity (Wildman–Crippen MR) is 351 cm³/mol. The molecule has 0 unspecified atom stereocenters. The third-order valence-corrected chi connectivity index (χ3v) is 18.8. The number of sulfonamides is 1. The van der Waals surface area contributed by atoms with E-state index in [0.29, 0.717) is 23.1 Å². The van der Waals surface area contributed by atoms with Crippen molar-refractivity contribution >= 4 is 86.9 Å². The number of nitrogens with zero attached hydrogens (tertiary/aromatic N) is 11. The molecule has 3 aromatic carbocycles. The number of hydrogen-bond donors (Lipinski definition) is 1. The summed E-state index contributed by atoms with van der Waals surface area (Å²) in [5.41, 5.74) is -9.60. The molecule has 1 saturated carbocycles. The molecule has 5 heterocycles. The molecule has 1 N–H and O–H groups in total. The molecule has 0 aliphatic heterocycles. The molecule has 2 aliphatic carbocycles. The molecule has 0 bridgehead atoms. The van der Waals surface area contributed by atoms with Crippen molar-refractivity contribution in [2.45, 2.75) is 136 Å². The minimum Gasteiger partial charge on any atom is -0.459 e. The Balaban J connectivity index is 1.09. The predicted octanol–water partition coefficient (Wildman–Crippen LogP) is 13.1. The number of alkyl halides is 7. The number of halogens is 10. The fraction of sp³-hybridized carbons (Fsp3) is 0.415. The molecular weight excluding hydrogens is 1430 g/mol. The van der Waals surface area contributed by atoms with Crippen LogP contribution in [0.2, 0.25) is 5.02 Å². The highest BCUT2D eigenvalue weighted by Crippen LogP contribution is 2.68. The number of carbonyl (C=O) groups is 4. The number of benzene rings is 3. The van der Waals surface area contributed by atoms with E-state index < -0.39 is 185 Å². The van der Waals surface area contributed by atoms with Crippen LogP contribution in [0.25, 0.3) is 38.8 Å². The molecule has 25 nitrogen and oxygen atoms in total. The van der Waals surface area contributed by atoms with E-state index in [9.17, 15) is 49.3 Å². The Morgan fingerprint density at radius 2 is 1.53 bits per heavy atom. The molecule has 546 valence electrons. The van der Waals surface area contributed by atoms with Crippen molar-refractivity contribution in [2.75, 3.05) is 35.8 Å². The van der Waals surface area contributed by atoms with E-state index in [-0.39, 0.29) is 66.1 Å². The Kier molecular flexibility index (Phi) is 20.5. The van der Waals surface area contributed by atoms with Gasteiger partial charge >= 0.3 is 32.1 Å². The van der Waals surface area contributed by atoms with E-state index >= 15 is 27.2 Å². The lowest BCUT2D eigenvalue weighted by atomic mass is 10.0. The van der Waals surface area contributed by atoms with Crippen molar-refractivity contribution < 1.29 is 94.7 Å². The van der Waals surface area contributed by atoms with Crippen molar-refractivity contribution in [1.82, 2.24) is 49.3 Å². The van der Waals surface area contributed by atoms with E-state index in [4.69, 9.17) is 39.6 Å². The fourth-order valence-electron chi connectivity index (χ4n) is 11.7. The van der Waals surface area contributed by atoms with Crippen LogP contribution in [0, 0.1) is 17.6 Å². The second-order valence-electron chi connectivity index (χ2n) is 27.1. The van der Waals surface area contributed by atoms with Crippen LogP contribution in [-0.2, 0) is 85.9 Å². The summed E-state index contributed by atoms with van der Waals surface area (Å²) in [6.45, 7) is 10.3. The number of rotatable bonds is 21. The Morgan fingerprint density at radius 1 is 0.863 bits per heavy atom. The van der Waals surface area contributed by atoms with Gasteiger partial charge < -0.3 is 14.8 Å². The molecule has 5 aromatic heterocycles. The van der Waals surface area contributed by atoms with Crippen LogP contribution in [0.1, 0.15) is 127 Å². The fourth-order valence-corrected chi connectivity index (χ4v) is 14.5. The number of aromatic nitrogens is 8. The molecule has 0 saturated heterocycles. The first-order valence-corrected chi connectivity index (χ1v) is 34.7. The van der Waals surface area contributed by atoms with Gasteiger partial charge in [0.2, 0.25) is 22.7 Å². The highest BCUT2D eigenvalue weighted by molar-refractivity contribution is 7.92. The topological polar surface area (TPSA) is 284 Å². The smallest absolute Gasteiger partial charge is 0.459 e. The summed E-state index contributed by atoms with van der Waals surface area (Å²) >= 11 is 7.02. The third-order valence-electron chi connectivity index (χ3n) is 15.5. The van der Waals surface area contributed by atoms with Gasteiger partial charge in [0.1, 0.15) is 59.0 Å². The van der Waals surface area contributed by atoms with Gasteiger partial charge in [-0.2, -0.15) is 36.5 Å².